The van der Waals surface area contributed by atoms with Gasteiger partial charge in [0.15, 0.2) is 0 Å². The molecule has 0 unspecified atom stereocenters. The number of aromatic nitrogens is 2. The first-order valence-electron chi connectivity index (χ1n) is 6.42. The highest BCUT2D eigenvalue weighted by molar-refractivity contribution is 5.86. The molecule has 3 nitrogen and oxygen atoms in total. The summed E-state index contributed by atoms with van der Waals surface area (Å²) in [4.78, 5) is 8.54. The van der Waals surface area contributed by atoms with E-state index in [1.807, 2.05) is 6.07 Å². The van der Waals surface area contributed by atoms with Crippen molar-refractivity contribution >= 4 is 16.6 Å². The zero-order chi connectivity index (χ0) is 13.1. The van der Waals surface area contributed by atoms with Crippen LogP contribution >= 0.6 is 0 Å². The van der Waals surface area contributed by atoms with Crippen LogP contribution < -0.4 is 5.32 Å². The quantitative estimate of drug-likeness (QED) is 0.768. The molecule has 3 heteroatoms. The fraction of sp³-hybridized carbons (Fsp3) is 0.125. The van der Waals surface area contributed by atoms with Crippen LogP contribution in [0.5, 0.6) is 0 Å². The summed E-state index contributed by atoms with van der Waals surface area (Å²) in [7, 11) is 0. The Morgan fingerprint density at radius 1 is 0.947 bits per heavy atom. The summed E-state index contributed by atoms with van der Waals surface area (Å²) in [5.41, 5.74) is 2.05. The number of benzene rings is 2. The number of nitrogens with zero attached hydrogens (tertiary/aromatic N) is 2. The molecular weight excluding hydrogens is 234 g/mol. The van der Waals surface area contributed by atoms with Crippen LogP contribution in [0.15, 0.2) is 54.9 Å². The topological polar surface area (TPSA) is 37.8 Å². The van der Waals surface area contributed by atoms with Crippen LogP contribution in [0.1, 0.15) is 6.92 Å². The van der Waals surface area contributed by atoms with E-state index in [2.05, 4.69) is 64.7 Å². The Labute approximate surface area is 112 Å². The lowest BCUT2D eigenvalue weighted by Crippen LogP contribution is -1.99. The van der Waals surface area contributed by atoms with Gasteiger partial charge in [0, 0.05) is 18.2 Å². The summed E-state index contributed by atoms with van der Waals surface area (Å²) in [5.74, 6) is 0.862. The lowest BCUT2D eigenvalue weighted by molar-refractivity contribution is 1.11. The Kier molecular flexibility index (Phi) is 3.11. The van der Waals surface area contributed by atoms with Crippen molar-refractivity contribution in [2.45, 2.75) is 6.92 Å². The van der Waals surface area contributed by atoms with E-state index in [1.165, 1.54) is 10.8 Å². The van der Waals surface area contributed by atoms with Gasteiger partial charge in [0.05, 0.1) is 5.69 Å². The summed E-state index contributed by atoms with van der Waals surface area (Å²) in [6, 6.07) is 16.7. The predicted octanol–water partition coefficient (Wildman–Crippen LogP) is 3.73. The first kappa shape index (κ1) is 11.7. The highest BCUT2D eigenvalue weighted by Gasteiger charge is 2.02. The molecule has 0 atom stereocenters. The molecule has 1 heterocycles. The molecule has 1 N–H and O–H groups in total. The van der Waals surface area contributed by atoms with Crippen molar-refractivity contribution in [2.24, 2.45) is 0 Å². The number of anilines is 1. The van der Waals surface area contributed by atoms with Gasteiger partial charge in [-0.05, 0) is 23.8 Å². The summed E-state index contributed by atoms with van der Waals surface area (Å²) in [6.07, 6.45) is 1.60. The second kappa shape index (κ2) is 5.06. The maximum absolute atomic E-state index is 4.35. The van der Waals surface area contributed by atoms with Gasteiger partial charge in [0.25, 0.3) is 0 Å². The Morgan fingerprint density at radius 2 is 1.79 bits per heavy atom. The third-order valence-corrected chi connectivity index (χ3v) is 3.07. The molecule has 94 valence electrons. The SMILES string of the molecule is CCNc1cc(-c2ccc3ccccc3c2)ncn1. The van der Waals surface area contributed by atoms with Crippen LogP contribution in [0.3, 0.4) is 0 Å². The van der Waals surface area contributed by atoms with Crippen LogP contribution in [0.4, 0.5) is 5.82 Å². The second-order valence-electron chi connectivity index (χ2n) is 4.38. The molecule has 0 amide bonds. The molecule has 2 aromatic carbocycles. The van der Waals surface area contributed by atoms with Gasteiger partial charge in [0.1, 0.15) is 12.1 Å². The van der Waals surface area contributed by atoms with Crippen molar-refractivity contribution in [3.8, 4) is 11.3 Å². The highest BCUT2D eigenvalue weighted by atomic mass is 15.0. The van der Waals surface area contributed by atoms with Gasteiger partial charge >= 0.3 is 0 Å². The Balaban J connectivity index is 2.05. The van der Waals surface area contributed by atoms with E-state index < -0.39 is 0 Å². The third kappa shape index (κ3) is 2.40. The molecule has 1 aromatic heterocycles. The first-order valence-corrected chi connectivity index (χ1v) is 6.42. The largest absolute Gasteiger partial charge is 0.370 e. The van der Waals surface area contributed by atoms with Crippen molar-refractivity contribution in [3.05, 3.63) is 54.9 Å². The molecule has 0 aliphatic rings. The molecule has 0 saturated carbocycles. The molecule has 3 aromatic rings. The number of nitrogens with one attached hydrogen (secondary N) is 1. The van der Waals surface area contributed by atoms with E-state index in [9.17, 15) is 0 Å². The smallest absolute Gasteiger partial charge is 0.129 e. The van der Waals surface area contributed by atoms with E-state index in [-0.39, 0.29) is 0 Å². The van der Waals surface area contributed by atoms with Crippen molar-refractivity contribution in [3.63, 3.8) is 0 Å². The van der Waals surface area contributed by atoms with Crippen LogP contribution in [0, 0.1) is 0 Å². The van der Waals surface area contributed by atoms with E-state index >= 15 is 0 Å². The van der Waals surface area contributed by atoms with Crippen molar-refractivity contribution in [1.82, 2.24) is 9.97 Å². The molecule has 0 bridgehead atoms. The predicted molar refractivity (Wildman–Crippen MR) is 79.1 cm³/mol. The van der Waals surface area contributed by atoms with E-state index in [1.54, 1.807) is 6.33 Å². The lowest BCUT2D eigenvalue weighted by Gasteiger charge is -2.06. The average Bonchev–Trinajstić information content (AvgIpc) is 2.47. The lowest BCUT2D eigenvalue weighted by atomic mass is 10.1. The van der Waals surface area contributed by atoms with Gasteiger partial charge < -0.3 is 5.32 Å². The fourth-order valence-electron chi connectivity index (χ4n) is 2.14. The van der Waals surface area contributed by atoms with Crippen molar-refractivity contribution in [1.29, 1.82) is 0 Å². The zero-order valence-corrected chi connectivity index (χ0v) is 10.8. The number of hydrogen-bond acceptors (Lipinski definition) is 3. The summed E-state index contributed by atoms with van der Waals surface area (Å²) in [6.45, 7) is 2.91. The Bertz CT molecular complexity index is 707. The molecule has 0 fully saturated rings. The van der Waals surface area contributed by atoms with E-state index in [4.69, 9.17) is 0 Å². The minimum Gasteiger partial charge on any atom is -0.370 e. The maximum atomic E-state index is 4.35. The van der Waals surface area contributed by atoms with Crippen molar-refractivity contribution < 1.29 is 0 Å². The minimum atomic E-state index is 0.855. The molecule has 0 saturated heterocycles. The highest BCUT2D eigenvalue weighted by Crippen LogP contribution is 2.23. The molecular formula is C16H15N3. The molecule has 19 heavy (non-hydrogen) atoms. The maximum Gasteiger partial charge on any atom is 0.129 e. The monoisotopic (exact) mass is 249 g/mol. The molecule has 3 rings (SSSR count). The summed E-state index contributed by atoms with van der Waals surface area (Å²) in [5, 5.41) is 5.67. The van der Waals surface area contributed by atoms with Crippen LogP contribution in [-0.4, -0.2) is 16.5 Å². The minimum absolute atomic E-state index is 0.855. The molecule has 0 spiro atoms. The molecule has 0 aliphatic carbocycles. The molecule has 0 aliphatic heterocycles. The Morgan fingerprint density at radius 3 is 2.63 bits per heavy atom. The fourth-order valence-corrected chi connectivity index (χ4v) is 2.14. The van der Waals surface area contributed by atoms with Gasteiger partial charge in [0.2, 0.25) is 0 Å². The first-order chi connectivity index (χ1) is 9.36. The third-order valence-electron chi connectivity index (χ3n) is 3.07. The van der Waals surface area contributed by atoms with Gasteiger partial charge in [-0.3, -0.25) is 0 Å². The zero-order valence-electron chi connectivity index (χ0n) is 10.8. The van der Waals surface area contributed by atoms with Crippen molar-refractivity contribution in [2.75, 3.05) is 11.9 Å². The average molecular weight is 249 g/mol. The standard InChI is InChI=1S/C16H15N3/c1-2-17-16-10-15(18-11-19-16)14-8-7-12-5-3-4-6-13(12)9-14/h3-11H,2H2,1H3,(H,17,18,19). The van der Waals surface area contributed by atoms with Gasteiger partial charge in [-0.1, -0.05) is 36.4 Å². The van der Waals surface area contributed by atoms with Crippen LogP contribution in [0.2, 0.25) is 0 Å². The Hall–Kier alpha value is -2.42. The normalized spacial score (nSPS) is 10.6. The summed E-state index contributed by atoms with van der Waals surface area (Å²) < 4.78 is 0. The molecule has 0 radical (unpaired) electrons. The van der Waals surface area contributed by atoms with Gasteiger partial charge in [-0.25, -0.2) is 9.97 Å². The second-order valence-corrected chi connectivity index (χ2v) is 4.38. The van der Waals surface area contributed by atoms with Gasteiger partial charge in [-0.15, -0.1) is 0 Å². The number of hydrogen-bond donors (Lipinski definition) is 1. The number of fused-ring (bicyclic) bond motifs is 1. The van der Waals surface area contributed by atoms with E-state index in [0.717, 1.165) is 23.6 Å². The van der Waals surface area contributed by atoms with Crippen LogP contribution in [-0.2, 0) is 0 Å². The van der Waals surface area contributed by atoms with Gasteiger partial charge in [-0.2, -0.15) is 0 Å². The summed E-state index contributed by atoms with van der Waals surface area (Å²) >= 11 is 0. The number of rotatable bonds is 3. The van der Waals surface area contributed by atoms with Crippen LogP contribution in [0.25, 0.3) is 22.0 Å². The van der Waals surface area contributed by atoms with E-state index in [0.29, 0.717) is 0 Å².